The highest BCUT2D eigenvalue weighted by Gasteiger charge is 2.24. The van der Waals surface area contributed by atoms with E-state index in [0.717, 1.165) is 19.4 Å². The van der Waals surface area contributed by atoms with Crippen LogP contribution >= 0.6 is 0 Å². The van der Waals surface area contributed by atoms with E-state index in [-0.39, 0.29) is 35.9 Å². The third-order valence-corrected chi connectivity index (χ3v) is 4.34. The lowest BCUT2D eigenvalue weighted by molar-refractivity contribution is -0.123. The molecule has 0 saturated carbocycles. The number of fused-ring (bicyclic) bond motifs is 1. The van der Waals surface area contributed by atoms with E-state index < -0.39 is 0 Å². The normalized spacial score (nSPS) is 18.7. The number of phenols is 1. The van der Waals surface area contributed by atoms with Gasteiger partial charge in [0.05, 0.1) is 23.0 Å². The lowest BCUT2D eigenvalue weighted by Gasteiger charge is -2.20. The highest BCUT2D eigenvalue weighted by atomic mass is 16.5. The van der Waals surface area contributed by atoms with Gasteiger partial charge in [0.15, 0.2) is 0 Å². The maximum atomic E-state index is 12.6. The quantitative estimate of drug-likeness (QED) is 0.875. The third-order valence-electron chi connectivity index (χ3n) is 4.34. The summed E-state index contributed by atoms with van der Waals surface area (Å²) in [7, 11) is 0. The summed E-state index contributed by atoms with van der Waals surface area (Å²) in [5.41, 5.74) is 0.160. The summed E-state index contributed by atoms with van der Waals surface area (Å²) in [6.45, 7) is 4.20. The van der Waals surface area contributed by atoms with Gasteiger partial charge in [0.25, 0.3) is 5.56 Å². The topological polar surface area (TPSA) is 93.5 Å². The van der Waals surface area contributed by atoms with Crippen LogP contribution in [-0.2, 0) is 16.1 Å². The first-order chi connectivity index (χ1) is 11.5. The Kier molecular flexibility index (Phi) is 4.53. The van der Waals surface area contributed by atoms with Crippen LogP contribution < -0.4 is 10.9 Å². The molecule has 1 fully saturated rings. The Labute approximate surface area is 139 Å². The fourth-order valence-corrected chi connectivity index (χ4v) is 3.04. The maximum Gasteiger partial charge on any atom is 0.261 e. The molecule has 128 valence electrons. The zero-order valence-electron chi connectivity index (χ0n) is 13.8. The van der Waals surface area contributed by atoms with Crippen molar-refractivity contribution in [2.75, 3.05) is 6.61 Å². The zero-order valence-corrected chi connectivity index (χ0v) is 13.8. The van der Waals surface area contributed by atoms with Gasteiger partial charge in [0.1, 0.15) is 18.1 Å². The molecule has 7 heteroatoms. The standard InChI is InChI=1S/C17H21N3O4/c1-10(15-4-3-7-24-15)18-16(22)9-20-11(2)19-14-6-5-12(21)8-13(14)17(20)23/h5-6,8,10,15,21H,3-4,7,9H2,1-2H3,(H,18,22). The Hall–Kier alpha value is -2.41. The minimum atomic E-state index is -0.340. The lowest BCUT2D eigenvalue weighted by Crippen LogP contribution is -2.43. The molecule has 1 aromatic carbocycles. The second-order valence-electron chi connectivity index (χ2n) is 6.16. The van der Waals surface area contributed by atoms with Gasteiger partial charge in [-0.1, -0.05) is 0 Å². The highest BCUT2D eigenvalue weighted by Crippen LogP contribution is 2.16. The average Bonchev–Trinajstić information content (AvgIpc) is 3.07. The van der Waals surface area contributed by atoms with Crippen molar-refractivity contribution in [3.05, 3.63) is 34.4 Å². The molecular formula is C17H21N3O4. The molecule has 1 amide bonds. The molecular weight excluding hydrogens is 310 g/mol. The fraction of sp³-hybridized carbons (Fsp3) is 0.471. The van der Waals surface area contributed by atoms with Crippen LogP contribution in [0.2, 0.25) is 0 Å². The third kappa shape index (κ3) is 3.26. The molecule has 1 aromatic heterocycles. The minimum absolute atomic E-state index is 0.00624. The number of rotatable bonds is 4. The largest absolute Gasteiger partial charge is 0.508 e. The predicted octanol–water partition coefficient (Wildman–Crippen LogP) is 1.09. The molecule has 2 aromatic rings. The summed E-state index contributed by atoms with van der Waals surface area (Å²) in [5, 5.41) is 12.7. The van der Waals surface area contributed by atoms with Gasteiger partial charge in [-0.2, -0.15) is 0 Å². The number of aromatic hydroxyl groups is 1. The van der Waals surface area contributed by atoms with Gasteiger partial charge < -0.3 is 15.2 Å². The van der Waals surface area contributed by atoms with Gasteiger partial charge in [-0.15, -0.1) is 0 Å². The van der Waals surface area contributed by atoms with Crippen LogP contribution in [0.15, 0.2) is 23.0 Å². The van der Waals surface area contributed by atoms with Crippen LogP contribution in [0, 0.1) is 6.92 Å². The summed E-state index contributed by atoms with van der Waals surface area (Å²) >= 11 is 0. The molecule has 24 heavy (non-hydrogen) atoms. The highest BCUT2D eigenvalue weighted by molar-refractivity contribution is 5.80. The number of aromatic nitrogens is 2. The van der Waals surface area contributed by atoms with Crippen molar-refractivity contribution < 1.29 is 14.6 Å². The fourth-order valence-electron chi connectivity index (χ4n) is 3.04. The van der Waals surface area contributed by atoms with Crippen LogP contribution in [-0.4, -0.2) is 39.3 Å². The van der Waals surface area contributed by atoms with E-state index in [1.54, 1.807) is 13.0 Å². The summed E-state index contributed by atoms with van der Waals surface area (Å²) in [5.74, 6) is 0.191. The van der Waals surface area contributed by atoms with Crippen molar-refractivity contribution in [3.63, 3.8) is 0 Å². The van der Waals surface area contributed by atoms with Crippen molar-refractivity contribution >= 4 is 16.8 Å². The van der Waals surface area contributed by atoms with Crippen molar-refractivity contribution in [1.82, 2.24) is 14.9 Å². The average molecular weight is 331 g/mol. The number of carbonyl (C=O) groups is 1. The van der Waals surface area contributed by atoms with Crippen LogP contribution in [0.25, 0.3) is 10.9 Å². The second-order valence-corrected chi connectivity index (χ2v) is 6.16. The van der Waals surface area contributed by atoms with Crippen LogP contribution in [0.5, 0.6) is 5.75 Å². The van der Waals surface area contributed by atoms with Gasteiger partial charge in [-0.05, 0) is 44.9 Å². The van der Waals surface area contributed by atoms with Crippen LogP contribution in [0.1, 0.15) is 25.6 Å². The Morgan fingerprint density at radius 2 is 2.33 bits per heavy atom. The van der Waals surface area contributed by atoms with Crippen LogP contribution in [0.3, 0.4) is 0 Å². The predicted molar refractivity (Wildman–Crippen MR) is 89.0 cm³/mol. The lowest BCUT2D eigenvalue weighted by atomic mass is 10.1. The first-order valence-electron chi connectivity index (χ1n) is 8.07. The van der Waals surface area contributed by atoms with Crippen molar-refractivity contribution in [3.8, 4) is 5.75 Å². The molecule has 2 heterocycles. The Morgan fingerprint density at radius 3 is 3.04 bits per heavy atom. The van der Waals surface area contributed by atoms with Gasteiger partial charge in [0.2, 0.25) is 5.91 Å². The number of nitrogens with one attached hydrogen (secondary N) is 1. The number of hydrogen-bond acceptors (Lipinski definition) is 5. The first-order valence-corrected chi connectivity index (χ1v) is 8.07. The summed E-state index contributed by atoms with van der Waals surface area (Å²) in [6.07, 6.45) is 1.96. The summed E-state index contributed by atoms with van der Waals surface area (Å²) in [4.78, 5) is 29.2. The van der Waals surface area contributed by atoms with E-state index >= 15 is 0 Å². The first kappa shape index (κ1) is 16.4. The SMILES string of the molecule is Cc1nc2ccc(O)cc2c(=O)n1CC(=O)NC(C)C1CCCO1. The molecule has 0 spiro atoms. The molecule has 1 aliphatic heterocycles. The minimum Gasteiger partial charge on any atom is -0.508 e. The van der Waals surface area contributed by atoms with Gasteiger partial charge in [0, 0.05) is 6.61 Å². The van der Waals surface area contributed by atoms with E-state index in [1.165, 1.54) is 16.7 Å². The zero-order chi connectivity index (χ0) is 17.3. The Balaban J connectivity index is 1.81. The van der Waals surface area contributed by atoms with Gasteiger partial charge >= 0.3 is 0 Å². The molecule has 7 nitrogen and oxygen atoms in total. The maximum absolute atomic E-state index is 12.6. The monoisotopic (exact) mass is 331 g/mol. The van der Waals surface area contributed by atoms with Crippen molar-refractivity contribution in [1.29, 1.82) is 0 Å². The number of phenolic OH excluding ortho intramolecular Hbond substituents is 1. The van der Waals surface area contributed by atoms with E-state index in [2.05, 4.69) is 10.3 Å². The van der Waals surface area contributed by atoms with E-state index in [9.17, 15) is 14.7 Å². The second kappa shape index (κ2) is 6.60. The van der Waals surface area contributed by atoms with Gasteiger partial charge in [-0.25, -0.2) is 4.98 Å². The van der Waals surface area contributed by atoms with Gasteiger partial charge in [-0.3, -0.25) is 14.2 Å². The van der Waals surface area contributed by atoms with E-state index in [0.29, 0.717) is 16.7 Å². The van der Waals surface area contributed by atoms with Crippen molar-refractivity contribution in [2.45, 2.75) is 45.4 Å². The number of benzene rings is 1. The molecule has 0 radical (unpaired) electrons. The number of nitrogens with zero attached hydrogens (tertiary/aromatic N) is 2. The molecule has 2 atom stereocenters. The molecule has 2 unspecified atom stereocenters. The number of ether oxygens (including phenoxy) is 1. The summed E-state index contributed by atoms with van der Waals surface area (Å²) in [6, 6.07) is 4.33. The number of carbonyl (C=O) groups excluding carboxylic acids is 1. The van der Waals surface area contributed by atoms with E-state index in [4.69, 9.17) is 4.74 Å². The Morgan fingerprint density at radius 1 is 1.54 bits per heavy atom. The molecule has 1 saturated heterocycles. The molecule has 0 aliphatic carbocycles. The van der Waals surface area contributed by atoms with Crippen molar-refractivity contribution in [2.24, 2.45) is 0 Å². The number of aryl methyl sites for hydroxylation is 1. The summed E-state index contributed by atoms with van der Waals surface area (Å²) < 4.78 is 6.88. The van der Waals surface area contributed by atoms with E-state index in [1.807, 2.05) is 6.92 Å². The van der Waals surface area contributed by atoms with Crippen LogP contribution in [0.4, 0.5) is 0 Å². The Bertz CT molecular complexity index is 824. The molecule has 1 aliphatic rings. The molecule has 0 bridgehead atoms. The molecule has 3 rings (SSSR count). The number of amides is 1. The number of hydrogen-bond donors (Lipinski definition) is 2. The smallest absolute Gasteiger partial charge is 0.261 e. The molecule has 2 N–H and O–H groups in total.